The predicted molar refractivity (Wildman–Crippen MR) is 94.9 cm³/mol. The second-order valence-electron chi connectivity index (χ2n) is 5.81. The van der Waals surface area contributed by atoms with Gasteiger partial charge in [0.15, 0.2) is 0 Å². The van der Waals surface area contributed by atoms with Crippen molar-refractivity contribution >= 4 is 15.9 Å². The Labute approximate surface area is 144 Å². The number of hydrogen-bond donors (Lipinski definition) is 1. The molecule has 0 unspecified atom stereocenters. The maximum atomic E-state index is 12.1. The molecule has 1 N–H and O–H groups in total. The van der Waals surface area contributed by atoms with Crippen molar-refractivity contribution in [1.82, 2.24) is 14.5 Å². The van der Waals surface area contributed by atoms with E-state index in [2.05, 4.69) is 5.32 Å². The summed E-state index contributed by atoms with van der Waals surface area (Å²) in [5.41, 5.74) is 0.480. The first-order valence-corrected chi connectivity index (χ1v) is 9.61. The number of methoxy groups -OCH3 is 1. The molecule has 1 amide bonds. The Hall–Kier alpha value is -1.64. The molecule has 0 radical (unpaired) electrons. The number of ether oxygens (including phenoxy) is 1. The molecule has 24 heavy (non-hydrogen) atoms. The fourth-order valence-electron chi connectivity index (χ4n) is 2.17. The summed E-state index contributed by atoms with van der Waals surface area (Å²) < 4.78 is 30.1. The molecule has 0 aliphatic rings. The smallest absolute Gasteiger partial charge is 0.251 e. The van der Waals surface area contributed by atoms with Crippen molar-refractivity contribution in [2.75, 3.05) is 53.6 Å². The first kappa shape index (κ1) is 20.4. The van der Waals surface area contributed by atoms with Gasteiger partial charge in [-0.05, 0) is 45.3 Å². The van der Waals surface area contributed by atoms with Gasteiger partial charge in [-0.15, -0.1) is 0 Å². The number of rotatable bonds is 10. The zero-order valence-electron chi connectivity index (χ0n) is 14.8. The SMILES string of the molecule is COc1cccc(C(=O)NCCN(CCCN(C)C)S(C)(=O)=O)c1. The number of carbonyl (C=O) groups is 1. The first-order valence-electron chi connectivity index (χ1n) is 7.76. The average Bonchev–Trinajstić information content (AvgIpc) is 2.52. The monoisotopic (exact) mass is 357 g/mol. The van der Waals surface area contributed by atoms with E-state index in [1.807, 2.05) is 19.0 Å². The van der Waals surface area contributed by atoms with Gasteiger partial charge >= 0.3 is 0 Å². The molecule has 1 aromatic rings. The van der Waals surface area contributed by atoms with Crippen LogP contribution in [0.1, 0.15) is 16.8 Å². The fourth-order valence-corrected chi connectivity index (χ4v) is 3.05. The van der Waals surface area contributed by atoms with Crippen molar-refractivity contribution in [2.45, 2.75) is 6.42 Å². The zero-order chi connectivity index (χ0) is 18.2. The molecule has 0 aliphatic carbocycles. The number of nitrogens with zero attached hydrogens (tertiary/aromatic N) is 2. The molecule has 136 valence electrons. The summed E-state index contributed by atoms with van der Waals surface area (Å²) in [4.78, 5) is 14.1. The minimum atomic E-state index is -3.29. The van der Waals surface area contributed by atoms with E-state index in [-0.39, 0.29) is 19.0 Å². The molecule has 0 fully saturated rings. The molecular formula is C16H27N3O4S. The number of carbonyl (C=O) groups excluding carboxylic acids is 1. The summed E-state index contributed by atoms with van der Waals surface area (Å²) in [6.45, 7) is 1.75. The van der Waals surface area contributed by atoms with Crippen LogP contribution in [0.2, 0.25) is 0 Å². The van der Waals surface area contributed by atoms with Crippen LogP contribution in [0.15, 0.2) is 24.3 Å². The quantitative estimate of drug-likeness (QED) is 0.665. The van der Waals surface area contributed by atoms with Crippen LogP contribution < -0.4 is 10.1 Å². The second kappa shape index (κ2) is 9.61. The average molecular weight is 357 g/mol. The molecule has 0 spiro atoms. The lowest BCUT2D eigenvalue weighted by atomic mass is 10.2. The van der Waals surface area contributed by atoms with Crippen LogP contribution >= 0.6 is 0 Å². The highest BCUT2D eigenvalue weighted by Crippen LogP contribution is 2.12. The van der Waals surface area contributed by atoms with Crippen molar-refractivity contribution in [2.24, 2.45) is 0 Å². The summed E-state index contributed by atoms with van der Waals surface area (Å²) in [5, 5.41) is 2.74. The number of amides is 1. The second-order valence-corrected chi connectivity index (χ2v) is 7.79. The molecule has 1 rings (SSSR count). The van der Waals surface area contributed by atoms with Crippen molar-refractivity contribution in [3.8, 4) is 5.75 Å². The molecule has 7 nitrogen and oxygen atoms in total. The first-order chi connectivity index (χ1) is 11.2. The Balaban J connectivity index is 2.53. The van der Waals surface area contributed by atoms with E-state index in [1.54, 1.807) is 24.3 Å². The Morgan fingerprint density at radius 1 is 1.21 bits per heavy atom. The topological polar surface area (TPSA) is 79.0 Å². The van der Waals surface area contributed by atoms with E-state index < -0.39 is 10.0 Å². The van der Waals surface area contributed by atoms with Crippen molar-refractivity contribution in [3.05, 3.63) is 29.8 Å². The Morgan fingerprint density at radius 2 is 1.92 bits per heavy atom. The molecule has 0 aliphatic heterocycles. The standard InChI is InChI=1S/C16H27N3O4S/c1-18(2)10-6-11-19(24(4,21)22)12-9-17-16(20)14-7-5-8-15(13-14)23-3/h5,7-8,13H,6,9-12H2,1-4H3,(H,17,20). The zero-order valence-corrected chi connectivity index (χ0v) is 15.6. The van der Waals surface area contributed by atoms with Crippen LogP contribution in [0, 0.1) is 0 Å². The molecule has 0 aromatic heterocycles. The predicted octanol–water partition coefficient (Wildman–Crippen LogP) is 0.638. The van der Waals surface area contributed by atoms with E-state index in [0.29, 0.717) is 17.9 Å². The highest BCUT2D eigenvalue weighted by atomic mass is 32.2. The van der Waals surface area contributed by atoms with E-state index in [4.69, 9.17) is 4.74 Å². The lowest BCUT2D eigenvalue weighted by molar-refractivity contribution is 0.0951. The summed E-state index contributed by atoms with van der Waals surface area (Å²) >= 11 is 0. The summed E-state index contributed by atoms with van der Waals surface area (Å²) in [6, 6.07) is 6.81. The highest BCUT2D eigenvalue weighted by molar-refractivity contribution is 7.88. The van der Waals surface area contributed by atoms with Gasteiger partial charge in [-0.3, -0.25) is 4.79 Å². The Kier molecular flexibility index (Phi) is 8.17. The van der Waals surface area contributed by atoms with Crippen molar-refractivity contribution in [3.63, 3.8) is 0 Å². The number of sulfonamides is 1. The molecule has 0 saturated heterocycles. The summed E-state index contributed by atoms with van der Waals surface area (Å²) in [6.07, 6.45) is 1.93. The molecule has 0 saturated carbocycles. The van der Waals surface area contributed by atoms with Gasteiger partial charge in [0.05, 0.1) is 13.4 Å². The van der Waals surface area contributed by atoms with Gasteiger partial charge < -0.3 is 15.0 Å². The largest absolute Gasteiger partial charge is 0.497 e. The minimum absolute atomic E-state index is 0.252. The van der Waals surface area contributed by atoms with Crippen LogP contribution in [-0.2, 0) is 10.0 Å². The molecule has 0 atom stereocenters. The van der Waals surface area contributed by atoms with Crippen LogP contribution in [0.4, 0.5) is 0 Å². The van der Waals surface area contributed by atoms with Gasteiger partial charge in [-0.25, -0.2) is 12.7 Å². The van der Waals surface area contributed by atoms with Gasteiger partial charge in [-0.1, -0.05) is 6.07 Å². The van der Waals surface area contributed by atoms with Gasteiger partial charge in [0.1, 0.15) is 5.75 Å². The molecule has 8 heteroatoms. The van der Waals surface area contributed by atoms with E-state index in [1.165, 1.54) is 17.7 Å². The molecule has 0 heterocycles. The van der Waals surface area contributed by atoms with E-state index in [0.717, 1.165) is 13.0 Å². The number of hydrogen-bond acceptors (Lipinski definition) is 5. The van der Waals surface area contributed by atoms with Gasteiger partial charge in [0.25, 0.3) is 5.91 Å². The van der Waals surface area contributed by atoms with E-state index >= 15 is 0 Å². The lowest BCUT2D eigenvalue weighted by Crippen LogP contribution is -2.39. The third-order valence-corrected chi connectivity index (χ3v) is 4.76. The third-order valence-electron chi connectivity index (χ3n) is 3.46. The number of benzene rings is 1. The minimum Gasteiger partial charge on any atom is -0.497 e. The summed E-state index contributed by atoms with van der Waals surface area (Å²) in [7, 11) is 2.13. The number of nitrogens with one attached hydrogen (secondary N) is 1. The molecule has 0 bridgehead atoms. The van der Waals surface area contributed by atoms with Crippen LogP contribution in [0.3, 0.4) is 0 Å². The van der Waals surface area contributed by atoms with Crippen LogP contribution in [-0.4, -0.2) is 77.2 Å². The van der Waals surface area contributed by atoms with Crippen molar-refractivity contribution in [1.29, 1.82) is 0 Å². The Morgan fingerprint density at radius 3 is 2.50 bits per heavy atom. The maximum absolute atomic E-state index is 12.1. The maximum Gasteiger partial charge on any atom is 0.251 e. The Bertz CT molecular complexity index is 632. The molecular weight excluding hydrogens is 330 g/mol. The van der Waals surface area contributed by atoms with Gasteiger partial charge in [0, 0.05) is 25.2 Å². The highest BCUT2D eigenvalue weighted by Gasteiger charge is 2.16. The van der Waals surface area contributed by atoms with Gasteiger partial charge in [-0.2, -0.15) is 0 Å². The lowest BCUT2D eigenvalue weighted by Gasteiger charge is -2.21. The normalized spacial score (nSPS) is 11.8. The van der Waals surface area contributed by atoms with E-state index in [9.17, 15) is 13.2 Å². The fraction of sp³-hybridized carbons (Fsp3) is 0.562. The summed E-state index contributed by atoms with van der Waals surface area (Å²) in [5.74, 6) is 0.347. The van der Waals surface area contributed by atoms with Crippen LogP contribution in [0.5, 0.6) is 5.75 Å². The molecule has 1 aromatic carbocycles. The third kappa shape index (κ3) is 7.29. The van der Waals surface area contributed by atoms with Crippen molar-refractivity contribution < 1.29 is 17.9 Å². The van der Waals surface area contributed by atoms with Gasteiger partial charge in [0.2, 0.25) is 10.0 Å². The van der Waals surface area contributed by atoms with Crippen LogP contribution in [0.25, 0.3) is 0 Å².